The van der Waals surface area contributed by atoms with E-state index in [9.17, 15) is 31.6 Å². The number of carbonyl (C=O) groups excluding carboxylic acids is 1. The van der Waals surface area contributed by atoms with Crippen molar-refractivity contribution in [2.24, 2.45) is 5.41 Å². The molecule has 2 rings (SSSR count). The van der Waals surface area contributed by atoms with Gasteiger partial charge >= 0.3 is 35.7 Å². The molecule has 2 aromatic heterocycles. The summed E-state index contributed by atoms with van der Waals surface area (Å²) in [6.07, 6.45) is -4.02. The molecule has 0 fully saturated rings. The van der Waals surface area contributed by atoms with Crippen LogP contribution in [0.15, 0.2) is 23.2 Å². The van der Waals surface area contributed by atoms with Gasteiger partial charge in [0.15, 0.2) is 11.5 Å². The van der Waals surface area contributed by atoms with Gasteiger partial charge in [-0.05, 0) is 17.5 Å². The van der Waals surface area contributed by atoms with Crippen LogP contribution in [0.5, 0.6) is 0 Å². The van der Waals surface area contributed by atoms with E-state index in [1.54, 1.807) is 4.72 Å². The normalized spacial score (nSPS) is 11.9. The Morgan fingerprint density at radius 3 is 2.32 bits per heavy atom. The van der Waals surface area contributed by atoms with E-state index >= 15 is 0 Å². The minimum absolute atomic E-state index is 0. The van der Waals surface area contributed by atoms with Crippen molar-refractivity contribution in [2.75, 3.05) is 11.9 Å². The van der Waals surface area contributed by atoms with Crippen molar-refractivity contribution in [3.63, 3.8) is 0 Å². The third kappa shape index (κ3) is 6.67. The van der Waals surface area contributed by atoms with Crippen molar-refractivity contribution in [3.05, 3.63) is 29.6 Å². The van der Waals surface area contributed by atoms with Gasteiger partial charge in [-0.2, -0.15) is 28.2 Å². The van der Waals surface area contributed by atoms with Gasteiger partial charge in [-0.1, -0.05) is 20.8 Å². The molecule has 0 spiro atoms. The quantitative estimate of drug-likeness (QED) is 0.569. The van der Waals surface area contributed by atoms with E-state index in [0.717, 1.165) is 29.9 Å². The molecule has 0 aliphatic carbocycles. The van der Waals surface area contributed by atoms with E-state index in [2.05, 4.69) is 15.4 Å². The predicted octanol–water partition coefficient (Wildman–Crippen LogP) is -0.443. The SMILES string of the molecule is CC(=O)NS(=O)(=O)c1ccc(-n2nc(C(F)(F)F)c(C#N)c2NCC(C)(C)C)nc1.[H-].[Na+]. The number of halogens is 3. The van der Waals surface area contributed by atoms with E-state index in [-0.39, 0.29) is 59.5 Å². The number of alkyl halides is 3. The summed E-state index contributed by atoms with van der Waals surface area (Å²) in [5, 5.41) is 15.6. The maximum Gasteiger partial charge on any atom is 1.00 e. The average molecular weight is 468 g/mol. The van der Waals surface area contributed by atoms with Crippen LogP contribution in [0.2, 0.25) is 0 Å². The summed E-state index contributed by atoms with van der Waals surface area (Å²) in [4.78, 5) is 14.5. The molecule has 0 atom stereocenters. The Hall–Kier alpha value is -2.14. The summed E-state index contributed by atoms with van der Waals surface area (Å²) < 4.78 is 66.7. The molecule has 1 amide bonds. The molecule has 2 aromatic rings. The Balaban J connectivity index is 0.00000480. The topological polar surface area (TPSA) is 130 Å². The summed E-state index contributed by atoms with van der Waals surface area (Å²) in [5.74, 6) is -1.18. The molecule has 9 nitrogen and oxygen atoms in total. The fourth-order valence-corrected chi connectivity index (χ4v) is 3.24. The minimum atomic E-state index is -4.89. The zero-order valence-corrected chi connectivity index (χ0v) is 20.3. The van der Waals surface area contributed by atoms with E-state index in [4.69, 9.17) is 0 Å². The Morgan fingerprint density at radius 2 is 1.90 bits per heavy atom. The van der Waals surface area contributed by atoms with Crippen LogP contribution in [-0.2, 0) is 21.0 Å². The van der Waals surface area contributed by atoms with Gasteiger partial charge in [0.2, 0.25) is 5.91 Å². The van der Waals surface area contributed by atoms with Gasteiger partial charge in [0, 0.05) is 19.7 Å². The van der Waals surface area contributed by atoms with Crippen molar-refractivity contribution in [3.8, 4) is 11.9 Å². The molecule has 0 radical (unpaired) electrons. The molecule has 2 N–H and O–H groups in total. The molecule has 0 aromatic carbocycles. The van der Waals surface area contributed by atoms with Gasteiger partial charge in [0.1, 0.15) is 22.3 Å². The van der Waals surface area contributed by atoms with Gasteiger partial charge in [0.05, 0.1) is 0 Å². The first-order valence-electron chi connectivity index (χ1n) is 8.50. The van der Waals surface area contributed by atoms with Gasteiger partial charge in [-0.15, -0.1) is 0 Å². The number of rotatable bonds is 5. The van der Waals surface area contributed by atoms with Crippen LogP contribution in [0.25, 0.3) is 5.82 Å². The number of hydrogen-bond acceptors (Lipinski definition) is 7. The molecule has 0 unspecified atom stereocenters. The number of hydrogen-bond donors (Lipinski definition) is 2. The number of nitrogens with zero attached hydrogens (tertiary/aromatic N) is 4. The summed E-state index contributed by atoms with van der Waals surface area (Å²) in [7, 11) is -4.17. The van der Waals surface area contributed by atoms with E-state index in [1.165, 1.54) is 6.07 Å². The van der Waals surface area contributed by atoms with Crippen LogP contribution < -0.4 is 39.6 Å². The Labute approximate surface area is 200 Å². The monoisotopic (exact) mass is 468 g/mol. The second kappa shape index (κ2) is 9.56. The fraction of sp³-hybridized carbons (Fsp3) is 0.412. The average Bonchev–Trinajstić information content (AvgIpc) is 2.97. The first kappa shape index (κ1) is 26.9. The van der Waals surface area contributed by atoms with Crippen LogP contribution >= 0.6 is 0 Å². The third-order valence-electron chi connectivity index (χ3n) is 3.58. The smallest absolute Gasteiger partial charge is 1.00 e. The standard InChI is InChI=1S/C17H19F3N6O3S.Na.H/c1-10(27)25-30(28,29)11-5-6-13(22-8-11)26-15(23-9-16(2,3)4)12(7-21)14(24-26)17(18,19)20;;/h5-6,8,23H,9H2,1-4H3,(H,25,27);;/q;+1;-1. The van der Waals surface area contributed by atoms with E-state index in [1.807, 2.05) is 20.8 Å². The Bertz CT molecular complexity index is 1110. The van der Waals surface area contributed by atoms with Crippen molar-refractivity contribution < 1.29 is 57.4 Å². The number of anilines is 1. The number of amides is 1. The summed E-state index contributed by atoms with van der Waals surface area (Å²) >= 11 is 0. The second-order valence-electron chi connectivity index (χ2n) is 7.52. The first-order chi connectivity index (χ1) is 13.7. The van der Waals surface area contributed by atoms with Gasteiger partial charge < -0.3 is 6.74 Å². The molecule has 14 heteroatoms. The van der Waals surface area contributed by atoms with Crippen molar-refractivity contribution >= 4 is 21.7 Å². The second-order valence-corrected chi connectivity index (χ2v) is 9.20. The van der Waals surface area contributed by atoms with Crippen LogP contribution in [0.4, 0.5) is 19.0 Å². The van der Waals surface area contributed by atoms with Crippen LogP contribution in [-0.4, -0.2) is 35.6 Å². The number of nitrogens with one attached hydrogen (secondary N) is 2. The molecule has 2 heterocycles. The number of sulfonamides is 1. The maximum atomic E-state index is 13.4. The van der Waals surface area contributed by atoms with E-state index in [0.29, 0.717) is 0 Å². The maximum absolute atomic E-state index is 13.4. The van der Waals surface area contributed by atoms with E-state index < -0.39 is 33.4 Å². The Kier molecular flexibility index (Phi) is 8.29. The summed E-state index contributed by atoms with van der Waals surface area (Å²) in [5.41, 5.74) is -2.43. The number of pyridine rings is 1. The van der Waals surface area contributed by atoms with Crippen LogP contribution in [0.3, 0.4) is 0 Å². The zero-order chi connectivity index (χ0) is 22.9. The van der Waals surface area contributed by atoms with Crippen LogP contribution in [0.1, 0.15) is 40.4 Å². The van der Waals surface area contributed by atoms with Crippen LogP contribution in [0, 0.1) is 16.7 Å². The zero-order valence-electron chi connectivity index (χ0n) is 18.5. The largest absolute Gasteiger partial charge is 1.00 e. The molecular weight excluding hydrogens is 448 g/mol. The molecule has 0 aliphatic rings. The number of aromatic nitrogens is 3. The van der Waals surface area contributed by atoms with Gasteiger partial charge in [-0.25, -0.2) is 18.1 Å². The molecule has 0 bridgehead atoms. The predicted molar refractivity (Wildman–Crippen MR) is 101 cm³/mol. The Morgan fingerprint density at radius 1 is 1.29 bits per heavy atom. The molecule has 0 saturated carbocycles. The fourth-order valence-electron chi connectivity index (χ4n) is 2.31. The van der Waals surface area contributed by atoms with Crippen molar-refractivity contribution in [1.29, 1.82) is 5.26 Å². The summed E-state index contributed by atoms with van der Waals surface area (Å²) in [6.45, 7) is 6.77. The number of carbonyl (C=O) groups is 1. The number of nitriles is 1. The molecule has 0 aliphatic heterocycles. The molecular formula is C17H20F3N6NaO3S. The summed E-state index contributed by atoms with van der Waals surface area (Å²) in [6, 6.07) is 3.69. The van der Waals surface area contributed by atoms with Crippen molar-refractivity contribution in [2.45, 2.75) is 38.8 Å². The molecule has 164 valence electrons. The minimum Gasteiger partial charge on any atom is -1.00 e. The van der Waals surface area contributed by atoms with Crippen molar-refractivity contribution in [1.82, 2.24) is 19.5 Å². The van der Waals surface area contributed by atoms with Gasteiger partial charge in [-0.3, -0.25) is 4.79 Å². The molecule has 0 saturated heterocycles. The molecule has 31 heavy (non-hydrogen) atoms. The van der Waals surface area contributed by atoms with Gasteiger partial charge in [0.25, 0.3) is 10.0 Å². The third-order valence-corrected chi connectivity index (χ3v) is 5.00. The first-order valence-corrected chi connectivity index (χ1v) is 9.98.